The van der Waals surface area contributed by atoms with Crippen molar-refractivity contribution in [3.05, 3.63) is 28.0 Å². The summed E-state index contributed by atoms with van der Waals surface area (Å²) in [5.74, 6) is 2.67. The SMILES string of the molecule is C#CC(C)(C)c1cc(Cl)nc(Cl)c1. The molecule has 13 heavy (non-hydrogen) atoms. The van der Waals surface area contributed by atoms with Gasteiger partial charge in [-0.1, -0.05) is 29.1 Å². The molecule has 68 valence electrons. The molecule has 0 aliphatic heterocycles. The van der Waals surface area contributed by atoms with Crippen LogP contribution in [0.25, 0.3) is 0 Å². The van der Waals surface area contributed by atoms with Crippen LogP contribution in [0.4, 0.5) is 0 Å². The summed E-state index contributed by atoms with van der Waals surface area (Å²) in [5, 5.41) is 0.733. The Hall–Kier alpha value is -0.710. The topological polar surface area (TPSA) is 12.9 Å². The number of nitrogens with zero attached hydrogens (tertiary/aromatic N) is 1. The van der Waals surface area contributed by atoms with Gasteiger partial charge in [-0.3, -0.25) is 0 Å². The van der Waals surface area contributed by atoms with Gasteiger partial charge in [0.05, 0.1) is 5.41 Å². The first-order valence-corrected chi connectivity index (χ1v) is 4.52. The Balaban J connectivity index is 3.25. The van der Waals surface area contributed by atoms with Gasteiger partial charge in [-0.2, -0.15) is 0 Å². The first-order chi connectivity index (χ1) is 5.95. The van der Waals surface area contributed by atoms with E-state index < -0.39 is 0 Å². The summed E-state index contributed by atoms with van der Waals surface area (Å²) in [4.78, 5) is 3.84. The molecule has 0 aliphatic carbocycles. The van der Waals surface area contributed by atoms with E-state index in [9.17, 15) is 0 Å². The van der Waals surface area contributed by atoms with Crippen LogP contribution in [-0.4, -0.2) is 4.98 Å². The fourth-order valence-electron chi connectivity index (χ4n) is 0.909. The van der Waals surface area contributed by atoms with Crippen molar-refractivity contribution in [3.8, 4) is 12.3 Å². The summed E-state index contributed by atoms with van der Waals surface area (Å²) in [7, 11) is 0. The van der Waals surface area contributed by atoms with E-state index in [0.29, 0.717) is 10.3 Å². The van der Waals surface area contributed by atoms with Crippen LogP contribution in [0.3, 0.4) is 0 Å². The van der Waals surface area contributed by atoms with Gasteiger partial charge in [0, 0.05) is 0 Å². The van der Waals surface area contributed by atoms with Crippen molar-refractivity contribution in [1.82, 2.24) is 4.98 Å². The zero-order chi connectivity index (χ0) is 10.1. The molecule has 3 heteroatoms. The lowest BCUT2D eigenvalue weighted by Gasteiger charge is -2.17. The molecule has 0 saturated carbocycles. The van der Waals surface area contributed by atoms with Crippen LogP contribution in [0.1, 0.15) is 19.4 Å². The average Bonchev–Trinajstić information content (AvgIpc) is 2.02. The van der Waals surface area contributed by atoms with Crippen molar-refractivity contribution in [3.63, 3.8) is 0 Å². The molecule has 0 fully saturated rings. The molecule has 0 N–H and O–H groups in total. The highest BCUT2D eigenvalue weighted by Crippen LogP contribution is 2.26. The molecular formula is C10H9Cl2N. The summed E-state index contributed by atoms with van der Waals surface area (Å²) in [6.07, 6.45) is 5.38. The molecule has 1 aromatic rings. The predicted octanol–water partition coefficient (Wildman–Crippen LogP) is 3.30. The van der Waals surface area contributed by atoms with E-state index in [2.05, 4.69) is 10.9 Å². The lowest BCUT2D eigenvalue weighted by Crippen LogP contribution is -2.13. The van der Waals surface area contributed by atoms with Crippen molar-refractivity contribution < 1.29 is 0 Å². The molecular weight excluding hydrogens is 205 g/mol. The third-order valence-corrected chi connectivity index (χ3v) is 2.23. The van der Waals surface area contributed by atoms with Gasteiger partial charge in [0.2, 0.25) is 0 Å². The summed E-state index contributed by atoms with van der Waals surface area (Å²) in [6.45, 7) is 3.85. The van der Waals surface area contributed by atoms with Crippen LogP contribution in [0.2, 0.25) is 10.3 Å². The second kappa shape index (κ2) is 3.57. The van der Waals surface area contributed by atoms with E-state index in [1.807, 2.05) is 13.8 Å². The predicted molar refractivity (Wildman–Crippen MR) is 56.1 cm³/mol. The van der Waals surface area contributed by atoms with Gasteiger partial charge in [0.25, 0.3) is 0 Å². The van der Waals surface area contributed by atoms with Gasteiger partial charge in [-0.25, -0.2) is 4.98 Å². The molecule has 1 aromatic heterocycles. The van der Waals surface area contributed by atoms with Crippen molar-refractivity contribution in [2.75, 3.05) is 0 Å². The maximum Gasteiger partial charge on any atom is 0.131 e. The second-order valence-corrected chi connectivity index (χ2v) is 4.05. The third kappa shape index (κ3) is 2.37. The standard InChI is InChI=1S/C10H9Cl2N/c1-4-10(2,3)7-5-8(11)13-9(12)6-7/h1,5-6H,2-3H3. The minimum absolute atomic E-state index is 0.365. The molecule has 0 aliphatic rings. The van der Waals surface area contributed by atoms with Gasteiger partial charge in [0.1, 0.15) is 10.3 Å². The Bertz CT molecular complexity index is 343. The van der Waals surface area contributed by atoms with Gasteiger partial charge in [0.15, 0.2) is 0 Å². The fourth-order valence-corrected chi connectivity index (χ4v) is 1.37. The first kappa shape index (κ1) is 10.4. The number of terminal acetylenes is 1. The summed E-state index contributed by atoms with van der Waals surface area (Å²) in [6, 6.07) is 3.46. The summed E-state index contributed by atoms with van der Waals surface area (Å²) < 4.78 is 0. The zero-order valence-electron chi connectivity index (χ0n) is 7.44. The van der Waals surface area contributed by atoms with Crippen LogP contribution >= 0.6 is 23.2 Å². The average molecular weight is 214 g/mol. The molecule has 1 nitrogen and oxygen atoms in total. The van der Waals surface area contributed by atoms with E-state index in [0.717, 1.165) is 5.56 Å². The van der Waals surface area contributed by atoms with Crippen molar-refractivity contribution in [1.29, 1.82) is 0 Å². The van der Waals surface area contributed by atoms with Crippen LogP contribution in [0, 0.1) is 12.3 Å². The molecule has 0 unspecified atom stereocenters. The maximum absolute atomic E-state index is 5.75. The quantitative estimate of drug-likeness (QED) is 0.516. The summed E-state index contributed by atoms with van der Waals surface area (Å²) in [5.41, 5.74) is 0.538. The van der Waals surface area contributed by atoms with Crippen molar-refractivity contribution >= 4 is 23.2 Å². The number of aromatic nitrogens is 1. The Morgan fingerprint density at radius 3 is 2.15 bits per heavy atom. The smallest absolute Gasteiger partial charge is 0.131 e. The highest BCUT2D eigenvalue weighted by Gasteiger charge is 2.18. The van der Waals surface area contributed by atoms with Crippen LogP contribution in [-0.2, 0) is 5.41 Å². The number of rotatable bonds is 1. The molecule has 0 amide bonds. The molecule has 0 saturated heterocycles. The molecule has 0 radical (unpaired) electrons. The van der Waals surface area contributed by atoms with Crippen molar-refractivity contribution in [2.24, 2.45) is 0 Å². The van der Waals surface area contributed by atoms with Crippen molar-refractivity contribution in [2.45, 2.75) is 19.3 Å². The second-order valence-electron chi connectivity index (χ2n) is 3.27. The Morgan fingerprint density at radius 2 is 1.77 bits per heavy atom. The monoisotopic (exact) mass is 213 g/mol. The first-order valence-electron chi connectivity index (χ1n) is 3.77. The van der Waals surface area contributed by atoms with Crippen LogP contribution in [0.15, 0.2) is 12.1 Å². The molecule has 0 bridgehead atoms. The van der Waals surface area contributed by atoms with E-state index >= 15 is 0 Å². The molecule has 1 heterocycles. The highest BCUT2D eigenvalue weighted by atomic mass is 35.5. The molecule has 0 atom stereocenters. The lowest BCUT2D eigenvalue weighted by atomic mass is 9.86. The van der Waals surface area contributed by atoms with E-state index in [1.165, 1.54) is 0 Å². The van der Waals surface area contributed by atoms with E-state index in [4.69, 9.17) is 29.6 Å². The van der Waals surface area contributed by atoms with Gasteiger partial charge in [-0.05, 0) is 31.5 Å². The number of hydrogen-bond acceptors (Lipinski definition) is 1. The molecule has 0 spiro atoms. The Labute approximate surface area is 88.1 Å². The largest absolute Gasteiger partial charge is 0.224 e. The normalized spacial score (nSPS) is 11.0. The maximum atomic E-state index is 5.75. The number of hydrogen-bond donors (Lipinski definition) is 0. The minimum Gasteiger partial charge on any atom is -0.224 e. The Kier molecular flexibility index (Phi) is 2.85. The lowest BCUT2D eigenvalue weighted by molar-refractivity contribution is 0.698. The van der Waals surface area contributed by atoms with E-state index in [-0.39, 0.29) is 5.41 Å². The van der Waals surface area contributed by atoms with Gasteiger partial charge in [-0.15, -0.1) is 6.42 Å². The summed E-state index contributed by atoms with van der Waals surface area (Å²) >= 11 is 11.5. The molecule has 0 aromatic carbocycles. The Morgan fingerprint density at radius 1 is 1.31 bits per heavy atom. The van der Waals surface area contributed by atoms with Crippen LogP contribution in [0.5, 0.6) is 0 Å². The highest BCUT2D eigenvalue weighted by molar-refractivity contribution is 6.32. The third-order valence-electron chi connectivity index (χ3n) is 1.85. The van der Waals surface area contributed by atoms with E-state index in [1.54, 1.807) is 12.1 Å². The van der Waals surface area contributed by atoms with Crippen LogP contribution < -0.4 is 0 Å². The number of halogens is 2. The molecule has 1 rings (SSSR count). The number of pyridine rings is 1. The minimum atomic E-state index is -0.365. The van der Waals surface area contributed by atoms with Gasteiger partial charge >= 0.3 is 0 Å². The zero-order valence-corrected chi connectivity index (χ0v) is 8.95. The fraction of sp³-hybridized carbons (Fsp3) is 0.300. The van der Waals surface area contributed by atoms with Gasteiger partial charge < -0.3 is 0 Å².